The molecule has 1 saturated carbocycles. The van der Waals surface area contributed by atoms with Gasteiger partial charge in [-0.2, -0.15) is 0 Å². The molecule has 2 aromatic rings. The largest absolute Gasteiger partial charge is 0.508 e. The fourth-order valence-corrected chi connectivity index (χ4v) is 3.87. The van der Waals surface area contributed by atoms with Gasteiger partial charge in [0.2, 0.25) is 0 Å². The van der Waals surface area contributed by atoms with Crippen molar-refractivity contribution in [3.8, 4) is 5.75 Å². The number of benzene rings is 2. The van der Waals surface area contributed by atoms with E-state index in [4.69, 9.17) is 10.8 Å². The highest BCUT2D eigenvalue weighted by atomic mass is 16.5. The zero-order valence-corrected chi connectivity index (χ0v) is 17.7. The number of hydrogen-bond acceptors (Lipinski definition) is 6. The third kappa shape index (κ3) is 6.54. The summed E-state index contributed by atoms with van der Waals surface area (Å²) in [6, 6.07) is 14.7. The monoisotopic (exact) mass is 429 g/mol. The number of ether oxygens (including phenoxy) is 1. The molecule has 168 valence electrons. The van der Waals surface area contributed by atoms with Gasteiger partial charge in [-0.1, -0.05) is 61.7 Å². The van der Waals surface area contributed by atoms with Gasteiger partial charge in [0.25, 0.3) is 0 Å². The first kappa shape index (κ1) is 24.4. The third-order valence-electron chi connectivity index (χ3n) is 5.63. The van der Waals surface area contributed by atoms with Gasteiger partial charge in [-0.05, 0) is 42.5 Å². The number of carboxylic acids is 1. The van der Waals surface area contributed by atoms with Gasteiger partial charge >= 0.3 is 11.9 Å². The maximum atomic E-state index is 11.5. The highest BCUT2D eigenvalue weighted by molar-refractivity contribution is 5.79. The predicted molar refractivity (Wildman–Crippen MR) is 116 cm³/mol. The Bertz CT molecular complexity index is 833. The van der Waals surface area contributed by atoms with E-state index in [2.05, 4.69) is 4.74 Å². The van der Waals surface area contributed by atoms with E-state index in [-0.39, 0.29) is 11.7 Å². The Kier molecular flexibility index (Phi) is 9.03. The van der Waals surface area contributed by atoms with Gasteiger partial charge in [0.1, 0.15) is 11.8 Å². The van der Waals surface area contributed by atoms with Crippen LogP contribution in [0, 0.1) is 5.92 Å². The number of phenolic OH excluding ortho intramolecular Hbond substituents is 1. The lowest BCUT2D eigenvalue weighted by Crippen LogP contribution is -2.43. The van der Waals surface area contributed by atoms with E-state index in [1.54, 1.807) is 48.5 Å². The zero-order chi connectivity index (χ0) is 22.9. The Morgan fingerprint density at radius 1 is 1.06 bits per heavy atom. The van der Waals surface area contributed by atoms with Crippen molar-refractivity contribution in [3.63, 3.8) is 0 Å². The topological polar surface area (TPSA) is 130 Å². The second-order valence-electron chi connectivity index (χ2n) is 7.77. The van der Waals surface area contributed by atoms with Crippen molar-refractivity contribution in [2.45, 2.75) is 50.2 Å². The summed E-state index contributed by atoms with van der Waals surface area (Å²) < 4.78 is 4.49. The number of phenols is 1. The summed E-state index contributed by atoms with van der Waals surface area (Å²) in [4.78, 5) is 22.5. The zero-order valence-electron chi connectivity index (χ0n) is 17.7. The molecule has 5 N–H and O–H groups in total. The van der Waals surface area contributed by atoms with Crippen LogP contribution < -0.4 is 5.73 Å². The third-order valence-corrected chi connectivity index (χ3v) is 5.63. The van der Waals surface area contributed by atoms with Crippen molar-refractivity contribution in [1.29, 1.82) is 0 Å². The van der Waals surface area contributed by atoms with Gasteiger partial charge in [-0.15, -0.1) is 0 Å². The number of aliphatic carboxylic acids is 1. The van der Waals surface area contributed by atoms with E-state index in [0.29, 0.717) is 12.0 Å². The lowest BCUT2D eigenvalue weighted by Gasteiger charge is -2.35. The number of aromatic hydroxyl groups is 1. The second-order valence-corrected chi connectivity index (χ2v) is 7.77. The maximum Gasteiger partial charge on any atom is 0.340 e. The molecule has 0 heterocycles. The van der Waals surface area contributed by atoms with Crippen LogP contribution in [0.5, 0.6) is 5.75 Å². The van der Waals surface area contributed by atoms with Crippen molar-refractivity contribution in [2.75, 3.05) is 7.11 Å². The highest BCUT2D eigenvalue weighted by Gasteiger charge is 2.45. The summed E-state index contributed by atoms with van der Waals surface area (Å²) in [5, 5.41) is 29.0. The fraction of sp³-hybridized carbons (Fsp3) is 0.417. The lowest BCUT2D eigenvalue weighted by atomic mass is 9.73. The van der Waals surface area contributed by atoms with Gasteiger partial charge in [0.05, 0.1) is 7.11 Å². The Morgan fingerprint density at radius 3 is 2.16 bits per heavy atom. The first-order valence-corrected chi connectivity index (χ1v) is 10.4. The minimum absolute atomic E-state index is 0.170. The number of esters is 1. The molecule has 31 heavy (non-hydrogen) atoms. The van der Waals surface area contributed by atoms with E-state index in [1.807, 2.05) is 6.07 Å². The van der Waals surface area contributed by atoms with E-state index >= 15 is 0 Å². The Hall–Kier alpha value is -2.90. The highest BCUT2D eigenvalue weighted by Crippen LogP contribution is 2.39. The van der Waals surface area contributed by atoms with Crippen molar-refractivity contribution >= 4 is 11.9 Å². The number of rotatable bonds is 6. The van der Waals surface area contributed by atoms with E-state index in [9.17, 15) is 19.8 Å². The molecule has 2 aromatic carbocycles. The molecular weight excluding hydrogens is 398 g/mol. The van der Waals surface area contributed by atoms with Crippen molar-refractivity contribution < 1.29 is 29.6 Å². The molecule has 0 aromatic heterocycles. The van der Waals surface area contributed by atoms with Crippen LogP contribution in [0.3, 0.4) is 0 Å². The predicted octanol–water partition coefficient (Wildman–Crippen LogP) is 2.97. The van der Waals surface area contributed by atoms with E-state index in [1.165, 1.54) is 7.11 Å². The quantitative estimate of drug-likeness (QED) is 0.519. The molecule has 7 nitrogen and oxygen atoms in total. The Labute approximate surface area is 182 Å². The molecule has 0 bridgehead atoms. The molecule has 1 fully saturated rings. The first-order chi connectivity index (χ1) is 14.8. The number of carboxylic acid groups (broad SMARTS) is 1. The molecular formula is C24H31NO6. The standard InChI is InChI=1S/C14H18O3.C10H13NO3/c15-13(16)14(17,11-7-3-1-4-8-11)12-9-5-2-6-10-12;1-14-10(13)9(11)6-7-2-4-8(12)5-3-7/h1,3-4,7-8,12,17H,2,5-6,9-10H2,(H,15,16);2-5,9,12H,6,11H2,1H3/t;9-/m.1/s1. The minimum Gasteiger partial charge on any atom is -0.508 e. The van der Waals surface area contributed by atoms with Crippen molar-refractivity contribution in [1.82, 2.24) is 0 Å². The minimum atomic E-state index is -1.72. The van der Waals surface area contributed by atoms with Crippen LogP contribution in [0.2, 0.25) is 0 Å². The summed E-state index contributed by atoms with van der Waals surface area (Å²) in [7, 11) is 1.30. The van der Waals surface area contributed by atoms with Crippen molar-refractivity contribution in [3.05, 3.63) is 65.7 Å². The van der Waals surface area contributed by atoms with Crippen LogP contribution in [0.25, 0.3) is 0 Å². The molecule has 0 amide bonds. The van der Waals surface area contributed by atoms with E-state index in [0.717, 1.165) is 37.7 Å². The molecule has 1 aliphatic carbocycles. The van der Waals surface area contributed by atoms with Gasteiger partial charge < -0.3 is 25.8 Å². The number of hydrogen-bond donors (Lipinski definition) is 4. The Balaban J connectivity index is 0.000000225. The smallest absolute Gasteiger partial charge is 0.340 e. The molecule has 1 unspecified atom stereocenters. The van der Waals surface area contributed by atoms with Crippen LogP contribution in [0.1, 0.15) is 43.2 Å². The first-order valence-electron chi connectivity index (χ1n) is 10.4. The van der Waals surface area contributed by atoms with Gasteiger partial charge in [-0.3, -0.25) is 4.79 Å². The SMILES string of the molecule is COC(=O)[C@H](N)Cc1ccc(O)cc1.O=C(O)C(O)(c1ccccc1)C1CCCCC1. The van der Waals surface area contributed by atoms with Crippen LogP contribution >= 0.6 is 0 Å². The normalized spacial score (nSPS) is 16.9. The molecule has 0 spiro atoms. The van der Waals surface area contributed by atoms with Gasteiger partial charge in [0.15, 0.2) is 5.60 Å². The molecule has 0 radical (unpaired) electrons. The second kappa shape index (κ2) is 11.5. The number of carbonyl (C=O) groups excluding carboxylic acids is 1. The van der Waals surface area contributed by atoms with Gasteiger partial charge in [0, 0.05) is 5.92 Å². The fourth-order valence-electron chi connectivity index (χ4n) is 3.87. The summed E-state index contributed by atoms with van der Waals surface area (Å²) in [6.45, 7) is 0. The molecule has 0 aliphatic heterocycles. The summed E-state index contributed by atoms with van der Waals surface area (Å²) in [5.41, 5.74) is 5.23. The number of aliphatic hydroxyl groups is 1. The maximum absolute atomic E-state index is 11.5. The summed E-state index contributed by atoms with van der Waals surface area (Å²) >= 11 is 0. The number of carbonyl (C=O) groups is 2. The lowest BCUT2D eigenvalue weighted by molar-refractivity contribution is -0.168. The van der Waals surface area contributed by atoms with Crippen LogP contribution in [-0.2, 0) is 26.3 Å². The summed E-state index contributed by atoms with van der Waals surface area (Å²) in [6.07, 6.45) is 5.14. The molecule has 1 aliphatic rings. The van der Waals surface area contributed by atoms with Crippen LogP contribution in [0.4, 0.5) is 0 Å². The van der Waals surface area contributed by atoms with Crippen LogP contribution in [-0.4, -0.2) is 40.4 Å². The van der Waals surface area contributed by atoms with Gasteiger partial charge in [-0.25, -0.2) is 4.79 Å². The number of methoxy groups -OCH3 is 1. The molecule has 0 saturated heterocycles. The molecule has 7 heteroatoms. The average Bonchev–Trinajstić information content (AvgIpc) is 2.80. The molecule has 2 atom stereocenters. The average molecular weight is 430 g/mol. The summed E-state index contributed by atoms with van der Waals surface area (Å²) in [5.74, 6) is -1.54. The molecule has 3 rings (SSSR count). The Morgan fingerprint density at radius 2 is 1.65 bits per heavy atom. The van der Waals surface area contributed by atoms with Crippen LogP contribution in [0.15, 0.2) is 54.6 Å². The van der Waals surface area contributed by atoms with Crippen molar-refractivity contribution in [2.24, 2.45) is 11.7 Å². The van der Waals surface area contributed by atoms with E-state index < -0.39 is 23.6 Å². The number of nitrogens with two attached hydrogens (primary N) is 1.